The van der Waals surface area contributed by atoms with Gasteiger partial charge in [-0.3, -0.25) is 4.90 Å². The van der Waals surface area contributed by atoms with Crippen LogP contribution in [0.15, 0.2) is 18.2 Å². The van der Waals surface area contributed by atoms with Crippen LogP contribution in [0.3, 0.4) is 0 Å². The SMILES string of the molecule is CCC[C@H](c1cccc(C#N)c1O)N1CCNCC1.Cl.Cl. The number of nitriles is 1. The molecule has 4 nitrogen and oxygen atoms in total. The molecule has 118 valence electrons. The molecule has 0 aliphatic carbocycles. The van der Waals surface area contributed by atoms with Crippen molar-refractivity contribution >= 4 is 24.8 Å². The molecule has 1 aromatic rings. The summed E-state index contributed by atoms with van der Waals surface area (Å²) in [6.45, 7) is 6.10. The van der Waals surface area contributed by atoms with Crippen LogP contribution in [0.4, 0.5) is 0 Å². The van der Waals surface area contributed by atoms with Gasteiger partial charge in [-0.05, 0) is 12.5 Å². The lowest BCUT2D eigenvalue weighted by atomic mass is 9.97. The molecule has 0 unspecified atom stereocenters. The van der Waals surface area contributed by atoms with E-state index in [1.165, 1.54) is 0 Å². The molecule has 1 atom stereocenters. The third-order valence-corrected chi connectivity index (χ3v) is 3.70. The highest BCUT2D eigenvalue weighted by Gasteiger charge is 2.24. The Balaban J connectivity index is 0.00000200. The Kier molecular flexibility index (Phi) is 9.39. The number of halogens is 2. The number of aromatic hydroxyl groups is 1. The van der Waals surface area contributed by atoms with Crippen LogP contribution in [0, 0.1) is 11.3 Å². The molecule has 1 saturated heterocycles. The maximum absolute atomic E-state index is 10.3. The number of hydrogen-bond donors (Lipinski definition) is 2. The van der Waals surface area contributed by atoms with E-state index < -0.39 is 0 Å². The fraction of sp³-hybridized carbons (Fsp3) is 0.533. The summed E-state index contributed by atoms with van der Waals surface area (Å²) in [4.78, 5) is 2.40. The van der Waals surface area contributed by atoms with Gasteiger partial charge in [-0.1, -0.05) is 25.5 Å². The first kappa shape index (κ1) is 20.0. The van der Waals surface area contributed by atoms with Gasteiger partial charge >= 0.3 is 0 Å². The average molecular weight is 332 g/mol. The Morgan fingerprint density at radius 2 is 2.00 bits per heavy atom. The summed E-state index contributed by atoms with van der Waals surface area (Å²) in [7, 11) is 0. The second kappa shape index (κ2) is 9.86. The van der Waals surface area contributed by atoms with Crippen LogP contribution in [0.5, 0.6) is 5.75 Å². The zero-order chi connectivity index (χ0) is 13.7. The van der Waals surface area contributed by atoms with Crippen molar-refractivity contribution in [3.8, 4) is 11.8 Å². The fourth-order valence-corrected chi connectivity index (χ4v) is 2.72. The number of hydrogen-bond acceptors (Lipinski definition) is 4. The number of nitrogens with one attached hydrogen (secondary N) is 1. The summed E-state index contributed by atoms with van der Waals surface area (Å²) in [6, 6.07) is 7.73. The Morgan fingerprint density at radius 3 is 2.57 bits per heavy atom. The van der Waals surface area contributed by atoms with Gasteiger partial charge in [0.15, 0.2) is 0 Å². The van der Waals surface area contributed by atoms with E-state index in [0.29, 0.717) is 5.56 Å². The quantitative estimate of drug-likeness (QED) is 0.890. The van der Waals surface area contributed by atoms with Crippen molar-refractivity contribution in [3.63, 3.8) is 0 Å². The van der Waals surface area contributed by atoms with Crippen LogP contribution in [0.2, 0.25) is 0 Å². The molecule has 1 heterocycles. The highest BCUT2D eigenvalue weighted by Crippen LogP contribution is 2.34. The summed E-state index contributed by atoms with van der Waals surface area (Å²) in [5.74, 6) is 0.155. The lowest BCUT2D eigenvalue weighted by Crippen LogP contribution is -2.45. The molecule has 0 aromatic heterocycles. The summed E-state index contributed by atoms with van der Waals surface area (Å²) in [5, 5.41) is 22.6. The third kappa shape index (κ3) is 4.76. The molecule has 0 spiro atoms. The zero-order valence-corrected chi connectivity index (χ0v) is 13.8. The zero-order valence-electron chi connectivity index (χ0n) is 12.2. The Morgan fingerprint density at radius 1 is 1.33 bits per heavy atom. The van der Waals surface area contributed by atoms with Gasteiger partial charge < -0.3 is 10.4 Å². The van der Waals surface area contributed by atoms with Crippen LogP contribution in [0.1, 0.15) is 36.9 Å². The van der Waals surface area contributed by atoms with Crippen molar-refractivity contribution in [1.82, 2.24) is 10.2 Å². The minimum absolute atomic E-state index is 0. The second-order valence-electron chi connectivity index (χ2n) is 4.95. The van der Waals surface area contributed by atoms with Gasteiger partial charge in [-0.25, -0.2) is 0 Å². The van der Waals surface area contributed by atoms with Crippen LogP contribution >= 0.6 is 24.8 Å². The Bertz CT molecular complexity index is 470. The monoisotopic (exact) mass is 331 g/mol. The van der Waals surface area contributed by atoms with E-state index in [-0.39, 0.29) is 36.6 Å². The lowest BCUT2D eigenvalue weighted by Gasteiger charge is -2.35. The smallest absolute Gasteiger partial charge is 0.138 e. The van der Waals surface area contributed by atoms with E-state index in [0.717, 1.165) is 44.6 Å². The molecule has 0 amide bonds. The predicted molar refractivity (Wildman–Crippen MR) is 89.4 cm³/mol. The van der Waals surface area contributed by atoms with Crippen molar-refractivity contribution in [2.75, 3.05) is 26.2 Å². The largest absolute Gasteiger partial charge is 0.506 e. The highest BCUT2D eigenvalue weighted by atomic mass is 35.5. The summed E-state index contributed by atoms with van der Waals surface area (Å²) < 4.78 is 0. The molecule has 1 aliphatic heterocycles. The van der Waals surface area contributed by atoms with Crippen LogP contribution < -0.4 is 5.32 Å². The number of piperazine rings is 1. The van der Waals surface area contributed by atoms with Crippen LogP contribution in [0.25, 0.3) is 0 Å². The van der Waals surface area contributed by atoms with Gasteiger partial charge in [0, 0.05) is 37.8 Å². The van der Waals surface area contributed by atoms with Crippen molar-refractivity contribution in [3.05, 3.63) is 29.3 Å². The number of rotatable bonds is 4. The Labute approximate surface area is 139 Å². The molecule has 0 saturated carbocycles. The van der Waals surface area contributed by atoms with E-state index in [1.807, 2.05) is 12.1 Å². The minimum atomic E-state index is 0. The van der Waals surface area contributed by atoms with E-state index in [9.17, 15) is 5.11 Å². The first-order chi connectivity index (χ1) is 9.27. The maximum atomic E-state index is 10.3. The number of nitrogens with zero attached hydrogens (tertiary/aromatic N) is 2. The van der Waals surface area contributed by atoms with Crippen molar-refractivity contribution < 1.29 is 5.11 Å². The minimum Gasteiger partial charge on any atom is -0.506 e. The average Bonchev–Trinajstić information content (AvgIpc) is 2.46. The van der Waals surface area contributed by atoms with E-state index in [1.54, 1.807) is 6.07 Å². The third-order valence-electron chi connectivity index (χ3n) is 3.70. The van der Waals surface area contributed by atoms with Gasteiger partial charge in [-0.15, -0.1) is 24.8 Å². The van der Waals surface area contributed by atoms with Gasteiger partial charge in [0.2, 0.25) is 0 Å². The first-order valence-corrected chi connectivity index (χ1v) is 6.94. The van der Waals surface area contributed by atoms with Crippen molar-refractivity contribution in [2.24, 2.45) is 0 Å². The molecular weight excluding hydrogens is 309 g/mol. The van der Waals surface area contributed by atoms with Gasteiger partial charge in [0.1, 0.15) is 11.8 Å². The molecular formula is C15H23Cl2N3O. The van der Waals surface area contributed by atoms with E-state index in [2.05, 4.69) is 23.2 Å². The first-order valence-electron chi connectivity index (χ1n) is 6.94. The molecule has 2 rings (SSSR count). The van der Waals surface area contributed by atoms with Gasteiger partial charge in [0.25, 0.3) is 0 Å². The van der Waals surface area contributed by atoms with E-state index >= 15 is 0 Å². The highest BCUT2D eigenvalue weighted by molar-refractivity contribution is 5.85. The van der Waals surface area contributed by atoms with Gasteiger partial charge in [0.05, 0.1) is 5.56 Å². The van der Waals surface area contributed by atoms with E-state index in [4.69, 9.17) is 5.26 Å². The van der Waals surface area contributed by atoms with Crippen LogP contribution in [-0.4, -0.2) is 36.2 Å². The Hall–Kier alpha value is -0.990. The number of phenolic OH excluding ortho intramolecular Hbond substituents is 1. The predicted octanol–water partition coefficient (Wildman–Crippen LogP) is 2.85. The molecule has 1 aliphatic rings. The normalized spacial score (nSPS) is 16.2. The molecule has 1 fully saturated rings. The summed E-state index contributed by atoms with van der Waals surface area (Å²) in [6.07, 6.45) is 2.06. The van der Waals surface area contributed by atoms with Crippen LogP contribution in [-0.2, 0) is 0 Å². The second-order valence-corrected chi connectivity index (χ2v) is 4.95. The number of phenols is 1. The lowest BCUT2D eigenvalue weighted by molar-refractivity contribution is 0.162. The number of para-hydroxylation sites is 1. The molecule has 0 radical (unpaired) electrons. The van der Waals surface area contributed by atoms with Crippen molar-refractivity contribution in [2.45, 2.75) is 25.8 Å². The molecule has 0 bridgehead atoms. The standard InChI is InChI=1S/C15H21N3O.2ClH/c1-2-4-14(18-9-7-17-8-10-18)13-6-3-5-12(11-16)15(13)19;;/h3,5-6,14,17,19H,2,4,7-10H2,1H3;2*1H/t14-;;/m1../s1. The topological polar surface area (TPSA) is 59.3 Å². The molecule has 1 aromatic carbocycles. The maximum Gasteiger partial charge on any atom is 0.138 e. The number of benzene rings is 1. The fourth-order valence-electron chi connectivity index (χ4n) is 2.72. The summed E-state index contributed by atoms with van der Waals surface area (Å²) in [5.41, 5.74) is 1.26. The summed E-state index contributed by atoms with van der Waals surface area (Å²) >= 11 is 0. The van der Waals surface area contributed by atoms with Gasteiger partial charge in [-0.2, -0.15) is 5.26 Å². The molecule has 6 heteroatoms. The molecule has 21 heavy (non-hydrogen) atoms. The van der Waals surface area contributed by atoms with Crippen molar-refractivity contribution in [1.29, 1.82) is 5.26 Å². The molecule has 2 N–H and O–H groups in total.